The molecule has 4 unspecified atom stereocenters. The van der Waals surface area contributed by atoms with E-state index in [2.05, 4.69) is 29.4 Å². The van der Waals surface area contributed by atoms with Gasteiger partial charge in [0.25, 0.3) is 0 Å². The predicted molar refractivity (Wildman–Crippen MR) is 109 cm³/mol. The first-order valence-electron chi connectivity index (χ1n) is 10.3. The molecule has 0 amide bonds. The van der Waals surface area contributed by atoms with Crippen LogP contribution in [0.3, 0.4) is 0 Å². The third kappa shape index (κ3) is 6.89. The highest BCUT2D eigenvalue weighted by atomic mass is 32.2. The van der Waals surface area contributed by atoms with E-state index in [-0.39, 0.29) is 0 Å². The number of guanidine groups is 1. The van der Waals surface area contributed by atoms with E-state index in [0.29, 0.717) is 17.2 Å². The second-order valence-electron chi connectivity index (χ2n) is 7.42. The van der Waals surface area contributed by atoms with E-state index >= 15 is 0 Å². The second-order valence-corrected chi connectivity index (χ2v) is 9.43. The molecule has 0 aromatic carbocycles. The van der Waals surface area contributed by atoms with Gasteiger partial charge in [-0.2, -0.15) is 0 Å². The zero-order valence-electron chi connectivity index (χ0n) is 16.4. The number of rotatable bonds is 7. The number of piperidine rings is 1. The van der Waals surface area contributed by atoms with Gasteiger partial charge >= 0.3 is 0 Å². The van der Waals surface area contributed by atoms with E-state index in [1.807, 2.05) is 6.92 Å². The minimum Gasteiger partial charge on any atom is -0.357 e. The lowest BCUT2D eigenvalue weighted by molar-refractivity contribution is 0.186. The maximum absolute atomic E-state index is 12.1. The Hall–Kier alpha value is -0.620. The van der Waals surface area contributed by atoms with Gasteiger partial charge in [0, 0.05) is 47.5 Å². The topological polar surface area (TPSA) is 56.7 Å². The average Bonchev–Trinajstić information content (AvgIpc) is 2.66. The molecule has 2 aliphatic rings. The van der Waals surface area contributed by atoms with Crippen molar-refractivity contribution in [2.45, 2.75) is 70.6 Å². The Kier molecular flexibility index (Phi) is 9.24. The normalized spacial score (nSPS) is 30.0. The summed E-state index contributed by atoms with van der Waals surface area (Å²) in [4.78, 5) is 7.42. The molecule has 2 fully saturated rings. The molecule has 0 aromatic heterocycles. The lowest BCUT2D eigenvalue weighted by atomic mass is 9.95. The first-order chi connectivity index (χ1) is 12.2. The van der Waals surface area contributed by atoms with Crippen LogP contribution in [0.25, 0.3) is 0 Å². The molecular weight excluding hydrogens is 332 g/mol. The van der Waals surface area contributed by atoms with Crippen molar-refractivity contribution >= 4 is 16.8 Å². The Bertz CT molecular complexity index is 443. The second kappa shape index (κ2) is 11.2. The predicted octanol–water partition coefficient (Wildman–Crippen LogP) is 2.35. The van der Waals surface area contributed by atoms with Crippen LogP contribution in [0.5, 0.6) is 0 Å². The fraction of sp³-hybridized carbons (Fsp3) is 0.947. The van der Waals surface area contributed by atoms with Crippen LogP contribution in [0.2, 0.25) is 0 Å². The molecule has 2 rings (SSSR count). The quantitative estimate of drug-likeness (QED) is 0.533. The van der Waals surface area contributed by atoms with Crippen molar-refractivity contribution < 1.29 is 4.21 Å². The molecule has 1 aliphatic heterocycles. The number of aliphatic imine (C=N–C) groups is 1. The van der Waals surface area contributed by atoms with Gasteiger partial charge in [0.1, 0.15) is 0 Å². The summed E-state index contributed by atoms with van der Waals surface area (Å²) in [5.41, 5.74) is 0. The van der Waals surface area contributed by atoms with Crippen molar-refractivity contribution in [1.82, 2.24) is 15.5 Å². The fourth-order valence-electron chi connectivity index (χ4n) is 4.07. The molecule has 0 radical (unpaired) electrons. The van der Waals surface area contributed by atoms with Crippen LogP contribution in [-0.2, 0) is 10.8 Å². The molecule has 1 aliphatic carbocycles. The third-order valence-electron chi connectivity index (χ3n) is 5.53. The maximum atomic E-state index is 12.1. The molecule has 0 spiro atoms. The van der Waals surface area contributed by atoms with Crippen molar-refractivity contribution in [1.29, 1.82) is 0 Å². The van der Waals surface area contributed by atoms with Crippen molar-refractivity contribution in [2.75, 3.05) is 38.5 Å². The van der Waals surface area contributed by atoms with E-state index in [1.54, 1.807) is 0 Å². The van der Waals surface area contributed by atoms with Crippen LogP contribution < -0.4 is 10.6 Å². The van der Waals surface area contributed by atoms with Gasteiger partial charge in [0.2, 0.25) is 0 Å². The van der Waals surface area contributed by atoms with Crippen molar-refractivity contribution in [3.05, 3.63) is 0 Å². The summed E-state index contributed by atoms with van der Waals surface area (Å²) in [7, 11) is -0.671. The lowest BCUT2D eigenvalue weighted by Gasteiger charge is -2.32. The van der Waals surface area contributed by atoms with E-state index < -0.39 is 10.8 Å². The lowest BCUT2D eigenvalue weighted by Crippen LogP contribution is -2.47. The van der Waals surface area contributed by atoms with Crippen LogP contribution >= 0.6 is 0 Å². The first-order valence-corrected chi connectivity index (χ1v) is 11.7. The summed E-state index contributed by atoms with van der Waals surface area (Å²) < 4.78 is 12.1. The van der Waals surface area contributed by atoms with Gasteiger partial charge in [-0.3, -0.25) is 9.20 Å². The highest BCUT2D eigenvalue weighted by Crippen LogP contribution is 2.23. The van der Waals surface area contributed by atoms with Gasteiger partial charge in [0.05, 0.1) is 0 Å². The number of likely N-dealkylation sites (tertiary alicyclic amines) is 1. The van der Waals surface area contributed by atoms with Crippen LogP contribution in [0.1, 0.15) is 59.3 Å². The van der Waals surface area contributed by atoms with Gasteiger partial charge in [-0.1, -0.05) is 20.3 Å². The Morgan fingerprint density at radius 2 is 2.04 bits per heavy atom. The van der Waals surface area contributed by atoms with Gasteiger partial charge in [-0.05, 0) is 58.0 Å². The van der Waals surface area contributed by atoms with Crippen LogP contribution in [-0.4, -0.2) is 64.8 Å². The molecule has 1 saturated carbocycles. The summed E-state index contributed by atoms with van der Waals surface area (Å²) in [6.45, 7) is 11.8. The van der Waals surface area contributed by atoms with Crippen molar-refractivity contribution in [2.24, 2.45) is 10.9 Å². The van der Waals surface area contributed by atoms with Gasteiger partial charge in [-0.25, -0.2) is 0 Å². The molecule has 0 aromatic rings. The summed E-state index contributed by atoms with van der Waals surface area (Å²) in [5, 5.41) is 7.38. The van der Waals surface area contributed by atoms with Gasteiger partial charge in [0.15, 0.2) is 5.96 Å². The molecule has 146 valence electrons. The van der Waals surface area contributed by atoms with Crippen LogP contribution in [0.15, 0.2) is 4.99 Å². The molecular formula is C19H38N4OS. The average molecular weight is 371 g/mol. The molecule has 2 N–H and O–H groups in total. The number of nitrogens with zero attached hydrogens (tertiary/aromatic N) is 2. The molecule has 0 bridgehead atoms. The van der Waals surface area contributed by atoms with E-state index in [1.165, 1.54) is 32.4 Å². The standard InChI is InChI=1S/C19H38N4OS/c1-4-20-19(21-14-16-9-8-12-23(5-2)15-16)22-17-10-7-11-18(13-17)25(24)6-3/h16-18H,4-15H2,1-3H3,(H2,20,21,22). The highest BCUT2D eigenvalue weighted by Gasteiger charge is 2.26. The molecule has 6 heteroatoms. The molecule has 1 heterocycles. The summed E-state index contributed by atoms with van der Waals surface area (Å²) in [5.74, 6) is 2.40. The van der Waals surface area contributed by atoms with Crippen LogP contribution in [0, 0.1) is 5.92 Å². The largest absolute Gasteiger partial charge is 0.357 e. The SMILES string of the molecule is CCNC(=NCC1CCCN(CC)C1)NC1CCCC(S(=O)CC)C1. The monoisotopic (exact) mass is 370 g/mol. The summed E-state index contributed by atoms with van der Waals surface area (Å²) in [6.07, 6.45) is 7.04. The molecule has 4 atom stereocenters. The van der Waals surface area contributed by atoms with E-state index in [4.69, 9.17) is 4.99 Å². The Balaban J connectivity index is 1.87. The summed E-state index contributed by atoms with van der Waals surface area (Å²) >= 11 is 0. The molecule has 5 nitrogen and oxygen atoms in total. The van der Waals surface area contributed by atoms with E-state index in [9.17, 15) is 4.21 Å². The smallest absolute Gasteiger partial charge is 0.191 e. The third-order valence-corrected chi connectivity index (χ3v) is 7.27. The van der Waals surface area contributed by atoms with Crippen LogP contribution in [0.4, 0.5) is 0 Å². The van der Waals surface area contributed by atoms with E-state index in [0.717, 1.165) is 50.6 Å². The number of nitrogens with one attached hydrogen (secondary N) is 2. The maximum Gasteiger partial charge on any atom is 0.191 e. The molecule has 25 heavy (non-hydrogen) atoms. The Morgan fingerprint density at radius 1 is 1.20 bits per heavy atom. The van der Waals surface area contributed by atoms with Crippen molar-refractivity contribution in [3.63, 3.8) is 0 Å². The number of hydrogen-bond donors (Lipinski definition) is 2. The minimum absolute atomic E-state index is 0.357. The zero-order valence-corrected chi connectivity index (χ0v) is 17.2. The minimum atomic E-state index is -0.671. The first kappa shape index (κ1) is 20.7. The Morgan fingerprint density at radius 3 is 2.76 bits per heavy atom. The van der Waals surface area contributed by atoms with Gasteiger partial charge in [-0.15, -0.1) is 0 Å². The zero-order chi connectivity index (χ0) is 18.1. The highest BCUT2D eigenvalue weighted by molar-refractivity contribution is 7.85. The molecule has 1 saturated heterocycles. The number of hydrogen-bond acceptors (Lipinski definition) is 3. The van der Waals surface area contributed by atoms with Gasteiger partial charge < -0.3 is 15.5 Å². The van der Waals surface area contributed by atoms with Crippen molar-refractivity contribution in [3.8, 4) is 0 Å². The fourth-order valence-corrected chi connectivity index (χ4v) is 5.42. The summed E-state index contributed by atoms with van der Waals surface area (Å²) in [6, 6.07) is 0.408. The Labute approximate surface area is 156 Å².